The molecular formula is C10H21ClN2O2. The van der Waals surface area contributed by atoms with Gasteiger partial charge in [0.2, 0.25) is 5.91 Å². The molecular weight excluding hydrogens is 216 g/mol. The van der Waals surface area contributed by atoms with Crippen molar-refractivity contribution in [2.45, 2.75) is 38.3 Å². The van der Waals surface area contributed by atoms with E-state index in [-0.39, 0.29) is 24.4 Å². The van der Waals surface area contributed by atoms with Gasteiger partial charge in [-0.1, -0.05) is 0 Å². The number of nitrogens with one attached hydrogen (secondary N) is 1. The molecule has 0 aliphatic heterocycles. The topological polar surface area (TPSA) is 64.3 Å². The average molecular weight is 237 g/mol. The average Bonchev–Trinajstić information content (AvgIpc) is 2.83. The number of hydrogen-bond acceptors (Lipinski definition) is 3. The van der Waals surface area contributed by atoms with E-state index in [2.05, 4.69) is 5.32 Å². The highest BCUT2D eigenvalue weighted by Gasteiger charge is 2.34. The number of amides is 1. The van der Waals surface area contributed by atoms with Crippen molar-refractivity contribution in [3.8, 4) is 0 Å². The van der Waals surface area contributed by atoms with E-state index in [1.165, 1.54) is 12.8 Å². The number of hydrogen-bond donors (Lipinski definition) is 2. The molecule has 0 radical (unpaired) electrons. The van der Waals surface area contributed by atoms with Crippen LogP contribution in [0.15, 0.2) is 0 Å². The van der Waals surface area contributed by atoms with Crippen LogP contribution in [0.2, 0.25) is 0 Å². The minimum absolute atomic E-state index is 0. The lowest BCUT2D eigenvalue weighted by Crippen LogP contribution is -2.53. The minimum Gasteiger partial charge on any atom is -0.383 e. The van der Waals surface area contributed by atoms with Crippen molar-refractivity contribution in [1.82, 2.24) is 5.32 Å². The van der Waals surface area contributed by atoms with E-state index in [4.69, 9.17) is 10.5 Å². The summed E-state index contributed by atoms with van der Waals surface area (Å²) >= 11 is 0. The summed E-state index contributed by atoms with van der Waals surface area (Å²) in [6.45, 7) is 3.99. The smallest absolute Gasteiger partial charge is 0.239 e. The Labute approximate surface area is 97.3 Å². The third kappa shape index (κ3) is 4.82. The third-order valence-electron chi connectivity index (χ3n) is 2.44. The summed E-state index contributed by atoms with van der Waals surface area (Å²) in [6.07, 6.45) is 2.36. The number of ether oxygens (including phenoxy) is 1. The van der Waals surface area contributed by atoms with Crippen LogP contribution in [0, 0.1) is 5.92 Å². The van der Waals surface area contributed by atoms with Crippen LogP contribution in [0.1, 0.15) is 26.7 Å². The standard InChI is InChI=1S/C10H20N2O2.ClH/c1-10(2,11)9(13)12-8(6-14-3)7-4-5-7;/h7-8H,4-6,11H2,1-3H3,(H,12,13);1H. The van der Waals surface area contributed by atoms with Crippen LogP contribution < -0.4 is 11.1 Å². The number of carbonyl (C=O) groups excluding carboxylic acids is 1. The molecule has 15 heavy (non-hydrogen) atoms. The summed E-state index contributed by atoms with van der Waals surface area (Å²) in [5, 5.41) is 2.93. The van der Waals surface area contributed by atoms with Gasteiger partial charge in [-0.05, 0) is 32.6 Å². The van der Waals surface area contributed by atoms with Crippen LogP contribution in [0.3, 0.4) is 0 Å². The molecule has 0 spiro atoms. The molecule has 1 saturated carbocycles. The van der Waals surface area contributed by atoms with E-state index < -0.39 is 5.54 Å². The highest BCUT2D eigenvalue weighted by atomic mass is 35.5. The zero-order chi connectivity index (χ0) is 10.8. The van der Waals surface area contributed by atoms with Crippen LogP contribution in [0.5, 0.6) is 0 Å². The van der Waals surface area contributed by atoms with Gasteiger partial charge in [-0.15, -0.1) is 12.4 Å². The summed E-state index contributed by atoms with van der Waals surface area (Å²) in [4.78, 5) is 11.6. The molecule has 90 valence electrons. The normalized spacial score (nSPS) is 17.9. The Kier molecular flexibility index (Phi) is 5.56. The fraction of sp³-hybridized carbons (Fsp3) is 0.900. The Bertz CT molecular complexity index is 212. The van der Waals surface area contributed by atoms with Gasteiger partial charge >= 0.3 is 0 Å². The molecule has 1 atom stereocenters. The monoisotopic (exact) mass is 236 g/mol. The number of nitrogens with two attached hydrogens (primary N) is 1. The maximum absolute atomic E-state index is 11.6. The van der Waals surface area contributed by atoms with Gasteiger partial charge in [0.15, 0.2) is 0 Å². The predicted molar refractivity (Wildman–Crippen MR) is 62.0 cm³/mol. The molecule has 1 unspecified atom stereocenters. The first-order chi connectivity index (χ1) is 6.45. The van der Waals surface area contributed by atoms with E-state index in [0.717, 1.165) is 0 Å². The summed E-state index contributed by atoms with van der Waals surface area (Å²) in [6, 6.07) is 0.135. The van der Waals surface area contributed by atoms with Crippen molar-refractivity contribution in [3.05, 3.63) is 0 Å². The summed E-state index contributed by atoms with van der Waals surface area (Å²) < 4.78 is 5.06. The van der Waals surface area contributed by atoms with Gasteiger partial charge in [0.25, 0.3) is 0 Å². The lowest BCUT2D eigenvalue weighted by molar-refractivity contribution is -0.126. The highest BCUT2D eigenvalue weighted by molar-refractivity contribution is 5.85. The molecule has 1 rings (SSSR count). The summed E-state index contributed by atoms with van der Waals surface area (Å²) in [5.74, 6) is 0.479. The molecule has 1 aliphatic carbocycles. The molecule has 5 heteroatoms. The molecule has 0 saturated heterocycles. The van der Waals surface area contributed by atoms with Crippen molar-refractivity contribution in [2.24, 2.45) is 11.7 Å². The first-order valence-electron chi connectivity index (χ1n) is 5.04. The molecule has 0 aromatic carbocycles. The Morgan fingerprint density at radius 2 is 2.13 bits per heavy atom. The van der Waals surface area contributed by atoms with E-state index in [0.29, 0.717) is 12.5 Å². The maximum Gasteiger partial charge on any atom is 0.239 e. The number of carbonyl (C=O) groups is 1. The zero-order valence-electron chi connectivity index (χ0n) is 9.58. The van der Waals surface area contributed by atoms with Gasteiger partial charge in [0, 0.05) is 7.11 Å². The van der Waals surface area contributed by atoms with E-state index in [1.54, 1.807) is 21.0 Å². The molecule has 0 aromatic heterocycles. The van der Waals surface area contributed by atoms with E-state index in [1.807, 2.05) is 0 Å². The van der Waals surface area contributed by atoms with Crippen molar-refractivity contribution in [2.75, 3.05) is 13.7 Å². The van der Waals surface area contributed by atoms with Gasteiger partial charge in [0.05, 0.1) is 18.2 Å². The molecule has 1 fully saturated rings. The number of methoxy groups -OCH3 is 1. The first-order valence-corrected chi connectivity index (χ1v) is 5.04. The van der Waals surface area contributed by atoms with Crippen molar-refractivity contribution in [3.63, 3.8) is 0 Å². The second kappa shape index (κ2) is 5.68. The van der Waals surface area contributed by atoms with Gasteiger partial charge in [-0.2, -0.15) is 0 Å². The Morgan fingerprint density at radius 3 is 2.47 bits per heavy atom. The van der Waals surface area contributed by atoms with Crippen molar-refractivity contribution < 1.29 is 9.53 Å². The Morgan fingerprint density at radius 1 is 1.60 bits per heavy atom. The van der Waals surface area contributed by atoms with E-state index in [9.17, 15) is 4.79 Å². The summed E-state index contributed by atoms with van der Waals surface area (Å²) in [7, 11) is 1.65. The van der Waals surface area contributed by atoms with Gasteiger partial charge in [-0.3, -0.25) is 4.79 Å². The lowest BCUT2D eigenvalue weighted by Gasteiger charge is -2.23. The Balaban J connectivity index is 0.00000196. The quantitative estimate of drug-likeness (QED) is 0.738. The van der Waals surface area contributed by atoms with Crippen LogP contribution >= 0.6 is 12.4 Å². The minimum atomic E-state index is -0.805. The highest BCUT2D eigenvalue weighted by Crippen LogP contribution is 2.32. The molecule has 4 nitrogen and oxygen atoms in total. The molecule has 3 N–H and O–H groups in total. The van der Waals surface area contributed by atoms with Crippen molar-refractivity contribution in [1.29, 1.82) is 0 Å². The van der Waals surface area contributed by atoms with Gasteiger partial charge in [-0.25, -0.2) is 0 Å². The Hall–Kier alpha value is -0.320. The second-order valence-corrected chi connectivity index (χ2v) is 4.59. The third-order valence-corrected chi connectivity index (χ3v) is 2.44. The largest absolute Gasteiger partial charge is 0.383 e. The second-order valence-electron chi connectivity index (χ2n) is 4.59. The molecule has 0 bridgehead atoms. The van der Waals surface area contributed by atoms with Crippen molar-refractivity contribution >= 4 is 18.3 Å². The first kappa shape index (κ1) is 14.7. The van der Waals surface area contributed by atoms with Crippen LogP contribution in [0.4, 0.5) is 0 Å². The number of halogens is 1. The number of rotatable bonds is 5. The molecule has 1 aliphatic rings. The van der Waals surface area contributed by atoms with E-state index >= 15 is 0 Å². The van der Waals surface area contributed by atoms with Crippen LogP contribution in [0.25, 0.3) is 0 Å². The van der Waals surface area contributed by atoms with Crippen LogP contribution in [-0.4, -0.2) is 31.2 Å². The fourth-order valence-corrected chi connectivity index (χ4v) is 1.33. The zero-order valence-corrected chi connectivity index (χ0v) is 10.4. The lowest BCUT2D eigenvalue weighted by atomic mass is 10.1. The maximum atomic E-state index is 11.6. The molecule has 0 aromatic rings. The van der Waals surface area contributed by atoms with Gasteiger partial charge < -0.3 is 15.8 Å². The predicted octanol–water partition coefficient (Wildman–Crippen LogP) is 0.687. The van der Waals surface area contributed by atoms with Gasteiger partial charge in [0.1, 0.15) is 0 Å². The molecule has 0 heterocycles. The fourth-order valence-electron chi connectivity index (χ4n) is 1.33. The summed E-state index contributed by atoms with van der Waals surface area (Å²) in [5.41, 5.74) is 4.89. The van der Waals surface area contributed by atoms with Crippen LogP contribution in [-0.2, 0) is 9.53 Å². The molecule has 1 amide bonds. The SMILES string of the molecule is COCC(NC(=O)C(C)(C)N)C1CC1.Cl.